The summed E-state index contributed by atoms with van der Waals surface area (Å²) in [5, 5.41) is 0.297. The van der Waals surface area contributed by atoms with Gasteiger partial charge in [0.25, 0.3) is 0 Å². The summed E-state index contributed by atoms with van der Waals surface area (Å²) in [5.74, 6) is 0. The molecule has 3 nitrogen and oxygen atoms in total. The maximum absolute atomic E-state index is 6.33. The van der Waals surface area contributed by atoms with Crippen molar-refractivity contribution in [2.24, 2.45) is 0 Å². The largest absolute Gasteiger partial charge is 0.416 e. The molecule has 0 spiro atoms. The van der Waals surface area contributed by atoms with Crippen molar-refractivity contribution in [3.8, 4) is 0 Å². The SMILES string of the molecule is CC(c1ccc(Br)cc1)N1CCN(CCO[Si](C)(C)C(C)(C)C)CC1. The second kappa shape index (κ2) is 8.66. The number of piperazine rings is 1. The van der Waals surface area contributed by atoms with Crippen LogP contribution in [0.25, 0.3) is 0 Å². The monoisotopic (exact) mass is 426 g/mol. The molecule has 1 atom stereocenters. The first-order valence-corrected chi connectivity index (χ1v) is 13.2. The Hall–Kier alpha value is -0.203. The van der Waals surface area contributed by atoms with Gasteiger partial charge in [0.2, 0.25) is 0 Å². The van der Waals surface area contributed by atoms with Gasteiger partial charge in [-0.15, -0.1) is 0 Å². The number of halogens is 1. The molecule has 1 aromatic carbocycles. The highest BCUT2D eigenvalue weighted by atomic mass is 79.9. The van der Waals surface area contributed by atoms with Crippen LogP contribution >= 0.6 is 15.9 Å². The van der Waals surface area contributed by atoms with Gasteiger partial charge in [-0.3, -0.25) is 9.80 Å². The second-order valence-electron chi connectivity index (χ2n) is 8.71. The van der Waals surface area contributed by atoms with Crippen LogP contribution in [0, 0.1) is 0 Å². The predicted molar refractivity (Wildman–Crippen MR) is 114 cm³/mol. The molecule has 0 saturated carbocycles. The molecule has 1 unspecified atom stereocenters. The van der Waals surface area contributed by atoms with Crippen LogP contribution in [0.4, 0.5) is 0 Å². The summed E-state index contributed by atoms with van der Waals surface area (Å²) >= 11 is 3.52. The van der Waals surface area contributed by atoms with Gasteiger partial charge in [-0.1, -0.05) is 48.8 Å². The minimum Gasteiger partial charge on any atom is -0.416 e. The van der Waals surface area contributed by atoms with Crippen molar-refractivity contribution in [3.63, 3.8) is 0 Å². The van der Waals surface area contributed by atoms with Crippen LogP contribution in [0.1, 0.15) is 39.3 Å². The lowest BCUT2D eigenvalue weighted by atomic mass is 10.1. The van der Waals surface area contributed by atoms with E-state index >= 15 is 0 Å². The van der Waals surface area contributed by atoms with Crippen molar-refractivity contribution >= 4 is 24.2 Å². The molecule has 1 aliphatic rings. The van der Waals surface area contributed by atoms with Gasteiger partial charge >= 0.3 is 0 Å². The maximum atomic E-state index is 6.33. The van der Waals surface area contributed by atoms with Crippen LogP contribution in [-0.2, 0) is 4.43 Å². The van der Waals surface area contributed by atoms with Crippen LogP contribution in [0.3, 0.4) is 0 Å². The lowest BCUT2D eigenvalue weighted by molar-refractivity contribution is 0.0900. The first-order chi connectivity index (χ1) is 11.6. The molecule has 142 valence electrons. The van der Waals surface area contributed by atoms with Gasteiger partial charge in [0.1, 0.15) is 0 Å². The quantitative estimate of drug-likeness (QED) is 0.584. The number of hydrogen-bond donors (Lipinski definition) is 0. The molecule has 1 aromatic rings. The summed E-state index contributed by atoms with van der Waals surface area (Å²) < 4.78 is 7.48. The second-order valence-corrected chi connectivity index (χ2v) is 14.4. The van der Waals surface area contributed by atoms with Crippen molar-refractivity contribution in [1.82, 2.24) is 9.80 Å². The summed E-state index contributed by atoms with van der Waals surface area (Å²) in [4.78, 5) is 5.15. The van der Waals surface area contributed by atoms with E-state index in [9.17, 15) is 0 Å². The van der Waals surface area contributed by atoms with E-state index in [1.807, 2.05) is 0 Å². The third-order valence-electron chi connectivity index (χ3n) is 5.98. The van der Waals surface area contributed by atoms with Crippen molar-refractivity contribution in [2.45, 2.75) is 51.9 Å². The van der Waals surface area contributed by atoms with Gasteiger partial charge < -0.3 is 4.43 Å². The van der Waals surface area contributed by atoms with Gasteiger partial charge in [-0.2, -0.15) is 0 Å². The standard InChI is InChI=1S/C20H35BrN2OSi/c1-17(18-7-9-19(21)10-8-18)23-13-11-22(12-14-23)15-16-24-25(5,6)20(2,3)4/h7-10,17H,11-16H2,1-6H3. The van der Waals surface area contributed by atoms with E-state index in [2.05, 4.69) is 90.8 Å². The highest BCUT2D eigenvalue weighted by molar-refractivity contribution is 9.10. The molecule has 0 radical (unpaired) electrons. The van der Waals surface area contributed by atoms with E-state index in [0.29, 0.717) is 11.1 Å². The van der Waals surface area contributed by atoms with E-state index in [0.717, 1.165) is 43.8 Å². The minimum atomic E-state index is -1.61. The molecule has 25 heavy (non-hydrogen) atoms. The highest BCUT2D eigenvalue weighted by Crippen LogP contribution is 2.36. The Morgan fingerprint density at radius 2 is 1.64 bits per heavy atom. The molecule has 1 saturated heterocycles. The molecule has 5 heteroatoms. The minimum absolute atomic E-state index is 0.297. The fraction of sp³-hybridized carbons (Fsp3) is 0.700. The smallest absolute Gasteiger partial charge is 0.192 e. The fourth-order valence-electron chi connectivity index (χ4n) is 2.97. The Balaban J connectivity index is 1.75. The lowest BCUT2D eigenvalue weighted by Crippen LogP contribution is -2.49. The average Bonchev–Trinajstić information content (AvgIpc) is 2.54. The Labute approximate surface area is 164 Å². The van der Waals surface area contributed by atoms with Gasteiger partial charge in [-0.05, 0) is 42.8 Å². The van der Waals surface area contributed by atoms with Crippen LogP contribution in [0.15, 0.2) is 28.7 Å². The summed E-state index contributed by atoms with van der Waals surface area (Å²) in [6.45, 7) is 20.4. The topological polar surface area (TPSA) is 15.7 Å². The van der Waals surface area contributed by atoms with Gasteiger partial charge in [0, 0.05) is 49.8 Å². The Morgan fingerprint density at radius 1 is 1.08 bits per heavy atom. The Morgan fingerprint density at radius 3 is 2.16 bits per heavy atom. The number of benzene rings is 1. The zero-order valence-electron chi connectivity index (χ0n) is 16.8. The number of nitrogens with zero attached hydrogens (tertiary/aromatic N) is 2. The van der Waals surface area contributed by atoms with Crippen LogP contribution in [0.5, 0.6) is 0 Å². The summed E-state index contributed by atoms with van der Waals surface area (Å²) in [6, 6.07) is 9.22. The van der Waals surface area contributed by atoms with Crippen molar-refractivity contribution in [2.75, 3.05) is 39.3 Å². The van der Waals surface area contributed by atoms with Crippen molar-refractivity contribution in [1.29, 1.82) is 0 Å². The van der Waals surface area contributed by atoms with Crippen LogP contribution in [0.2, 0.25) is 18.1 Å². The highest BCUT2D eigenvalue weighted by Gasteiger charge is 2.37. The summed E-state index contributed by atoms with van der Waals surface area (Å²) in [7, 11) is -1.61. The molecule has 0 bridgehead atoms. The molecule has 0 amide bonds. The molecule has 1 heterocycles. The molecular formula is C20H35BrN2OSi. The zero-order chi connectivity index (χ0) is 18.7. The third kappa shape index (κ3) is 5.89. The Bertz CT molecular complexity index is 534. The maximum Gasteiger partial charge on any atom is 0.192 e. The fourth-order valence-corrected chi connectivity index (χ4v) is 4.27. The lowest BCUT2D eigenvalue weighted by Gasteiger charge is -2.40. The average molecular weight is 428 g/mol. The van der Waals surface area contributed by atoms with Crippen molar-refractivity contribution < 1.29 is 4.43 Å². The first kappa shape index (κ1) is 21.1. The third-order valence-corrected chi connectivity index (χ3v) is 11.1. The van der Waals surface area contributed by atoms with Crippen LogP contribution in [-0.4, -0.2) is 57.4 Å². The molecule has 1 aliphatic heterocycles. The molecule has 0 aromatic heterocycles. The zero-order valence-corrected chi connectivity index (χ0v) is 19.4. The van der Waals surface area contributed by atoms with Crippen molar-refractivity contribution in [3.05, 3.63) is 34.3 Å². The molecule has 0 aliphatic carbocycles. The van der Waals surface area contributed by atoms with Gasteiger partial charge in [-0.25, -0.2) is 0 Å². The molecule has 0 N–H and O–H groups in total. The molecule has 2 rings (SSSR count). The first-order valence-electron chi connectivity index (χ1n) is 9.46. The molecular weight excluding hydrogens is 392 g/mol. The van der Waals surface area contributed by atoms with E-state index in [1.165, 1.54) is 5.56 Å². The van der Waals surface area contributed by atoms with Gasteiger partial charge in [0.05, 0.1) is 0 Å². The summed E-state index contributed by atoms with van der Waals surface area (Å²) in [6.07, 6.45) is 0. The van der Waals surface area contributed by atoms with E-state index in [1.54, 1.807) is 0 Å². The van der Waals surface area contributed by atoms with E-state index < -0.39 is 8.32 Å². The van der Waals surface area contributed by atoms with E-state index in [-0.39, 0.29) is 0 Å². The van der Waals surface area contributed by atoms with E-state index in [4.69, 9.17) is 4.43 Å². The predicted octanol–water partition coefficient (Wildman–Crippen LogP) is 5.15. The Kier molecular flexibility index (Phi) is 7.31. The summed E-state index contributed by atoms with van der Waals surface area (Å²) in [5.41, 5.74) is 1.40. The van der Waals surface area contributed by atoms with Gasteiger partial charge in [0.15, 0.2) is 8.32 Å². The van der Waals surface area contributed by atoms with Crippen LogP contribution < -0.4 is 0 Å². The number of rotatable bonds is 6. The normalized spacial score (nSPS) is 19.2. The molecule has 1 fully saturated rings. The number of hydrogen-bond acceptors (Lipinski definition) is 3.